The maximum Gasteiger partial charge on any atom is 0.291 e. The van der Waals surface area contributed by atoms with Crippen LogP contribution in [0.5, 0.6) is 0 Å². The predicted octanol–water partition coefficient (Wildman–Crippen LogP) is 3.01. The number of carbonyl (C=O) groups excluding carboxylic acids is 1. The topological polar surface area (TPSA) is 67.6 Å². The van der Waals surface area contributed by atoms with E-state index in [0.29, 0.717) is 20.9 Å². The lowest BCUT2D eigenvalue weighted by Crippen LogP contribution is -2.30. The Bertz CT molecular complexity index is 1420. The molecule has 5 rings (SSSR count). The third-order valence-corrected chi connectivity index (χ3v) is 6.48. The summed E-state index contributed by atoms with van der Waals surface area (Å²) >= 11 is 1.21. The summed E-state index contributed by atoms with van der Waals surface area (Å²) in [6.45, 7) is 6.49. The number of hydrogen-bond donors (Lipinski definition) is 0. The van der Waals surface area contributed by atoms with Gasteiger partial charge in [-0.1, -0.05) is 74.6 Å². The molecule has 1 amide bonds. The number of thiazole rings is 1. The van der Waals surface area contributed by atoms with E-state index in [1.807, 2.05) is 36.4 Å². The van der Waals surface area contributed by atoms with Crippen LogP contribution in [0.1, 0.15) is 31.9 Å². The molecule has 0 radical (unpaired) electrons. The van der Waals surface area contributed by atoms with Crippen LogP contribution >= 0.6 is 11.3 Å². The van der Waals surface area contributed by atoms with Crippen molar-refractivity contribution in [1.82, 2.24) is 14.6 Å². The van der Waals surface area contributed by atoms with E-state index >= 15 is 0 Å². The Kier molecular flexibility index (Phi) is 3.95. The fraction of sp³-hybridized carbons (Fsp3) is 0.217. The van der Waals surface area contributed by atoms with Gasteiger partial charge >= 0.3 is 0 Å². The van der Waals surface area contributed by atoms with Crippen LogP contribution < -0.4 is 15.0 Å². The first-order valence-corrected chi connectivity index (χ1v) is 10.5. The van der Waals surface area contributed by atoms with Gasteiger partial charge in [-0.05, 0) is 17.0 Å². The van der Waals surface area contributed by atoms with E-state index in [-0.39, 0.29) is 16.9 Å². The highest BCUT2D eigenvalue weighted by atomic mass is 32.1. The molecular formula is C23H20N4O2S. The summed E-state index contributed by atoms with van der Waals surface area (Å²) in [4.78, 5) is 32.5. The van der Waals surface area contributed by atoms with Gasteiger partial charge in [-0.3, -0.25) is 9.59 Å². The SMILES string of the molecule is CN1C(=O)/C(=c2\sc3nc(-c4ccc(C(C)(C)C)cc4)nn3c2=O)c2ccccc21. The van der Waals surface area contributed by atoms with Gasteiger partial charge in [0, 0.05) is 18.2 Å². The Hall–Kier alpha value is -3.32. The molecule has 0 saturated carbocycles. The van der Waals surface area contributed by atoms with Crippen LogP contribution in [0.2, 0.25) is 0 Å². The lowest BCUT2D eigenvalue weighted by Gasteiger charge is -2.18. The number of aromatic nitrogens is 3. The Balaban J connectivity index is 1.65. The first kappa shape index (κ1) is 18.7. The fourth-order valence-corrected chi connectivity index (χ4v) is 4.71. The predicted molar refractivity (Wildman–Crippen MR) is 119 cm³/mol. The third kappa shape index (κ3) is 2.69. The van der Waals surface area contributed by atoms with Gasteiger partial charge in [0.05, 0.1) is 11.3 Å². The third-order valence-electron chi connectivity index (χ3n) is 5.45. The number of hydrogen-bond acceptors (Lipinski definition) is 5. The lowest BCUT2D eigenvalue weighted by atomic mass is 9.87. The molecule has 0 spiro atoms. The monoisotopic (exact) mass is 416 g/mol. The molecule has 6 nitrogen and oxygen atoms in total. The fourth-order valence-electron chi connectivity index (χ4n) is 3.72. The lowest BCUT2D eigenvalue weighted by molar-refractivity contribution is -0.112. The molecule has 0 bridgehead atoms. The molecule has 0 unspecified atom stereocenters. The molecule has 0 N–H and O–H groups in total. The largest absolute Gasteiger partial charge is 0.311 e. The zero-order valence-corrected chi connectivity index (χ0v) is 17.9. The Morgan fingerprint density at radius 3 is 2.33 bits per heavy atom. The Morgan fingerprint density at radius 2 is 1.67 bits per heavy atom. The quantitative estimate of drug-likeness (QED) is 0.478. The molecular weight excluding hydrogens is 396 g/mol. The van der Waals surface area contributed by atoms with Gasteiger partial charge in [0.25, 0.3) is 11.5 Å². The molecule has 1 aliphatic heterocycles. The van der Waals surface area contributed by atoms with Gasteiger partial charge in [-0.25, -0.2) is 0 Å². The van der Waals surface area contributed by atoms with E-state index in [9.17, 15) is 9.59 Å². The minimum absolute atomic E-state index is 0.0616. The van der Waals surface area contributed by atoms with Gasteiger partial charge in [0.15, 0.2) is 5.82 Å². The van der Waals surface area contributed by atoms with Crippen LogP contribution in [-0.4, -0.2) is 27.6 Å². The first-order valence-electron chi connectivity index (χ1n) is 9.68. The van der Waals surface area contributed by atoms with Crippen LogP contribution in [-0.2, 0) is 10.2 Å². The summed E-state index contributed by atoms with van der Waals surface area (Å²) in [6, 6.07) is 15.6. The summed E-state index contributed by atoms with van der Waals surface area (Å²) in [5, 5.41) is 4.43. The maximum atomic E-state index is 13.1. The van der Waals surface area contributed by atoms with Crippen molar-refractivity contribution in [3.63, 3.8) is 0 Å². The average Bonchev–Trinajstić information content (AvgIpc) is 3.34. The summed E-state index contributed by atoms with van der Waals surface area (Å²) in [5.41, 5.74) is 3.82. The van der Waals surface area contributed by atoms with Crippen molar-refractivity contribution in [3.05, 3.63) is 74.5 Å². The molecule has 30 heavy (non-hydrogen) atoms. The Morgan fingerprint density at radius 1 is 0.967 bits per heavy atom. The number of nitrogens with zero attached hydrogens (tertiary/aromatic N) is 4. The summed E-state index contributed by atoms with van der Waals surface area (Å²) in [6.07, 6.45) is 0. The van der Waals surface area contributed by atoms with Crippen molar-refractivity contribution in [1.29, 1.82) is 0 Å². The van der Waals surface area contributed by atoms with E-state index < -0.39 is 0 Å². The molecule has 0 aliphatic carbocycles. The van der Waals surface area contributed by atoms with Crippen LogP contribution in [0.3, 0.4) is 0 Å². The van der Waals surface area contributed by atoms with E-state index in [1.54, 1.807) is 11.9 Å². The standard InChI is InChI=1S/C23H20N4O2S/c1-23(2,3)14-11-9-13(10-12-14)19-24-22-27(25-19)21(29)18(30-22)17-15-7-5-6-8-16(15)26(4)20(17)28/h5-12H,1-4H3/b18-17-. The molecule has 3 heterocycles. The molecule has 150 valence electrons. The van der Waals surface area contributed by atoms with Crippen LogP contribution in [0.25, 0.3) is 21.9 Å². The Labute approximate surface area is 177 Å². The smallest absolute Gasteiger partial charge is 0.291 e. The molecule has 0 atom stereocenters. The highest BCUT2D eigenvalue weighted by Crippen LogP contribution is 2.34. The molecule has 0 fully saturated rings. The molecule has 0 saturated heterocycles. The maximum absolute atomic E-state index is 13.1. The number of benzene rings is 2. The van der Waals surface area contributed by atoms with E-state index in [4.69, 9.17) is 0 Å². The second-order valence-corrected chi connectivity index (χ2v) is 9.43. The minimum atomic E-state index is -0.312. The molecule has 7 heteroatoms. The summed E-state index contributed by atoms with van der Waals surface area (Å²) in [5.74, 6) is 0.321. The zero-order valence-electron chi connectivity index (χ0n) is 17.1. The molecule has 2 aromatic carbocycles. The summed E-state index contributed by atoms with van der Waals surface area (Å²) in [7, 11) is 1.72. The van der Waals surface area contributed by atoms with Gasteiger partial charge in [-0.2, -0.15) is 9.50 Å². The van der Waals surface area contributed by atoms with Crippen molar-refractivity contribution >= 4 is 33.5 Å². The van der Waals surface area contributed by atoms with Crippen LogP contribution in [0.4, 0.5) is 5.69 Å². The van der Waals surface area contributed by atoms with Crippen molar-refractivity contribution in [2.45, 2.75) is 26.2 Å². The van der Waals surface area contributed by atoms with Crippen LogP contribution in [0.15, 0.2) is 53.3 Å². The number of rotatable bonds is 1. The molecule has 4 aromatic rings. The number of anilines is 1. The van der Waals surface area contributed by atoms with Crippen molar-refractivity contribution in [3.8, 4) is 11.4 Å². The van der Waals surface area contributed by atoms with Gasteiger partial charge in [0.2, 0.25) is 4.96 Å². The molecule has 1 aliphatic rings. The van der Waals surface area contributed by atoms with E-state index in [1.165, 1.54) is 21.4 Å². The normalized spacial score (nSPS) is 15.9. The second kappa shape index (κ2) is 6.34. The average molecular weight is 417 g/mol. The number of para-hydroxylation sites is 1. The number of carbonyl (C=O) groups is 1. The number of fused-ring (bicyclic) bond motifs is 2. The zero-order chi connectivity index (χ0) is 21.2. The number of amides is 1. The number of likely N-dealkylation sites (N-methyl/N-ethyl adjacent to an activating group) is 1. The van der Waals surface area contributed by atoms with Gasteiger partial charge in [0.1, 0.15) is 4.53 Å². The molecule has 2 aromatic heterocycles. The highest BCUT2D eigenvalue weighted by Gasteiger charge is 2.31. The van der Waals surface area contributed by atoms with Gasteiger partial charge < -0.3 is 4.90 Å². The van der Waals surface area contributed by atoms with Crippen molar-refractivity contribution in [2.75, 3.05) is 11.9 Å². The summed E-state index contributed by atoms with van der Waals surface area (Å²) < 4.78 is 1.68. The minimum Gasteiger partial charge on any atom is -0.311 e. The van der Waals surface area contributed by atoms with Crippen molar-refractivity contribution < 1.29 is 4.79 Å². The first-order chi connectivity index (χ1) is 14.3. The van der Waals surface area contributed by atoms with E-state index in [2.05, 4.69) is 43.0 Å². The van der Waals surface area contributed by atoms with Crippen molar-refractivity contribution in [2.24, 2.45) is 0 Å². The second-order valence-electron chi connectivity index (χ2n) is 8.45. The van der Waals surface area contributed by atoms with Crippen LogP contribution in [0, 0.1) is 0 Å². The highest BCUT2D eigenvalue weighted by molar-refractivity contribution is 7.15. The van der Waals surface area contributed by atoms with Gasteiger partial charge in [-0.15, -0.1) is 5.10 Å². The van der Waals surface area contributed by atoms with E-state index in [0.717, 1.165) is 16.8 Å².